The third-order valence-corrected chi connectivity index (χ3v) is 2.69. The van der Waals surface area contributed by atoms with Crippen molar-refractivity contribution in [3.63, 3.8) is 0 Å². The minimum atomic E-state index is -0.957. The van der Waals surface area contributed by atoms with Crippen LogP contribution in [0.2, 0.25) is 0 Å². The monoisotopic (exact) mass is 300 g/mol. The molecule has 1 amide bonds. The Balaban J connectivity index is 2.13. The number of carbonyl (C=O) groups is 2. The number of pyridine rings is 1. The average Bonchev–Trinajstić information content (AvgIpc) is 2.26. The molecule has 7 heteroatoms. The molecule has 2 rings (SSSR count). The van der Waals surface area contributed by atoms with Gasteiger partial charge in [-0.25, -0.2) is 4.98 Å². The van der Waals surface area contributed by atoms with Crippen molar-refractivity contribution in [3.8, 4) is 5.75 Å². The summed E-state index contributed by atoms with van der Waals surface area (Å²) in [6, 6.07) is 3.35. The third-order valence-electron chi connectivity index (χ3n) is 2.25. The van der Waals surface area contributed by atoms with Gasteiger partial charge in [0.25, 0.3) is 5.91 Å². The number of carbonyl (C=O) groups excluding carboxylic acids is 1. The maximum absolute atomic E-state index is 11.6. The lowest BCUT2D eigenvalue weighted by molar-refractivity contribution is -0.137. The van der Waals surface area contributed by atoms with Gasteiger partial charge in [-0.05, 0) is 28.1 Å². The van der Waals surface area contributed by atoms with Gasteiger partial charge in [0.15, 0.2) is 17.7 Å². The zero-order valence-electron chi connectivity index (χ0n) is 8.64. The first-order valence-electron chi connectivity index (χ1n) is 4.92. The maximum Gasteiger partial charge on any atom is 0.303 e. The molecular formula is C10H9BrN2O4. The number of fused-ring (bicyclic) bond motifs is 1. The molecular weight excluding hydrogens is 292 g/mol. The number of anilines is 1. The van der Waals surface area contributed by atoms with Crippen LogP contribution in [0.1, 0.15) is 12.8 Å². The van der Waals surface area contributed by atoms with E-state index in [1.165, 1.54) is 0 Å². The van der Waals surface area contributed by atoms with E-state index in [9.17, 15) is 9.59 Å². The van der Waals surface area contributed by atoms with Crippen LogP contribution in [0.3, 0.4) is 0 Å². The van der Waals surface area contributed by atoms with E-state index >= 15 is 0 Å². The van der Waals surface area contributed by atoms with Gasteiger partial charge in [0, 0.05) is 12.8 Å². The highest BCUT2D eigenvalue weighted by Gasteiger charge is 2.28. The maximum atomic E-state index is 11.6. The molecule has 6 nitrogen and oxygen atoms in total. The summed E-state index contributed by atoms with van der Waals surface area (Å²) < 4.78 is 5.98. The molecule has 0 saturated heterocycles. The Morgan fingerprint density at radius 2 is 2.35 bits per heavy atom. The summed E-state index contributed by atoms with van der Waals surface area (Å²) in [5, 5.41) is 11.1. The number of aliphatic carboxylic acids is 1. The second-order valence-corrected chi connectivity index (χ2v) is 4.32. The molecule has 1 aliphatic heterocycles. The second-order valence-electron chi connectivity index (χ2n) is 3.51. The lowest BCUT2D eigenvalue weighted by Gasteiger charge is -2.24. The Morgan fingerprint density at radius 1 is 1.59 bits per heavy atom. The number of hydrogen-bond acceptors (Lipinski definition) is 4. The number of ether oxygens (including phenoxy) is 1. The summed E-state index contributed by atoms with van der Waals surface area (Å²) in [6.45, 7) is 0. The predicted molar refractivity (Wildman–Crippen MR) is 61.9 cm³/mol. The van der Waals surface area contributed by atoms with Gasteiger partial charge in [-0.15, -0.1) is 0 Å². The first-order chi connectivity index (χ1) is 8.06. The largest absolute Gasteiger partial charge is 0.481 e. The highest BCUT2D eigenvalue weighted by molar-refractivity contribution is 9.10. The first-order valence-corrected chi connectivity index (χ1v) is 5.71. The van der Waals surface area contributed by atoms with Crippen molar-refractivity contribution in [2.45, 2.75) is 18.9 Å². The molecule has 1 aromatic heterocycles. The van der Waals surface area contributed by atoms with E-state index in [0.717, 1.165) is 0 Å². The lowest BCUT2D eigenvalue weighted by atomic mass is 10.1. The Labute approximate surface area is 105 Å². The van der Waals surface area contributed by atoms with Crippen molar-refractivity contribution in [2.75, 3.05) is 5.32 Å². The number of hydrogen-bond donors (Lipinski definition) is 2. The topological polar surface area (TPSA) is 88.5 Å². The van der Waals surface area contributed by atoms with Gasteiger partial charge >= 0.3 is 5.97 Å². The molecule has 1 aliphatic rings. The van der Waals surface area contributed by atoms with E-state index in [0.29, 0.717) is 16.2 Å². The fourth-order valence-electron chi connectivity index (χ4n) is 1.46. The van der Waals surface area contributed by atoms with Crippen LogP contribution in [-0.4, -0.2) is 28.1 Å². The van der Waals surface area contributed by atoms with Crippen molar-refractivity contribution in [3.05, 3.63) is 16.7 Å². The Morgan fingerprint density at radius 3 is 3.06 bits per heavy atom. The average molecular weight is 301 g/mol. The summed E-state index contributed by atoms with van der Waals surface area (Å²) in [6.07, 6.45) is -0.754. The van der Waals surface area contributed by atoms with E-state index in [1.807, 2.05) is 0 Å². The van der Waals surface area contributed by atoms with Crippen LogP contribution in [0.25, 0.3) is 0 Å². The van der Waals surface area contributed by atoms with Crippen LogP contribution in [-0.2, 0) is 9.59 Å². The van der Waals surface area contributed by atoms with Gasteiger partial charge in [0.1, 0.15) is 4.60 Å². The van der Waals surface area contributed by atoms with Crippen LogP contribution < -0.4 is 10.1 Å². The van der Waals surface area contributed by atoms with Crippen molar-refractivity contribution >= 4 is 33.6 Å². The summed E-state index contributed by atoms with van der Waals surface area (Å²) in [5.74, 6) is -0.537. The Bertz CT molecular complexity index is 477. The molecule has 0 fully saturated rings. The quantitative estimate of drug-likeness (QED) is 0.824. The van der Waals surface area contributed by atoms with Gasteiger partial charge < -0.3 is 15.2 Å². The van der Waals surface area contributed by atoms with E-state index in [1.54, 1.807) is 12.1 Å². The van der Waals surface area contributed by atoms with Gasteiger partial charge in [-0.1, -0.05) is 0 Å². The van der Waals surface area contributed by atoms with Crippen molar-refractivity contribution < 1.29 is 19.4 Å². The minimum Gasteiger partial charge on any atom is -0.481 e. The molecule has 0 aliphatic carbocycles. The number of halogens is 1. The molecule has 1 unspecified atom stereocenters. The summed E-state index contributed by atoms with van der Waals surface area (Å²) in [7, 11) is 0. The van der Waals surface area contributed by atoms with Gasteiger partial charge in [0.05, 0.1) is 0 Å². The molecule has 2 N–H and O–H groups in total. The van der Waals surface area contributed by atoms with Crippen LogP contribution in [0.15, 0.2) is 16.7 Å². The molecule has 0 radical (unpaired) electrons. The molecule has 1 atom stereocenters. The third kappa shape index (κ3) is 2.73. The summed E-state index contributed by atoms with van der Waals surface area (Å²) in [4.78, 5) is 26.1. The van der Waals surface area contributed by atoms with Gasteiger partial charge in [-0.2, -0.15) is 0 Å². The van der Waals surface area contributed by atoms with E-state index in [2.05, 4.69) is 26.2 Å². The second kappa shape index (κ2) is 4.70. The van der Waals surface area contributed by atoms with Crippen molar-refractivity contribution in [1.29, 1.82) is 0 Å². The SMILES string of the molecule is O=C(O)CCC1Oc2ccc(Br)nc2NC1=O. The number of carboxylic acids is 1. The highest BCUT2D eigenvalue weighted by Crippen LogP contribution is 2.30. The number of nitrogens with one attached hydrogen (secondary N) is 1. The van der Waals surface area contributed by atoms with E-state index in [-0.39, 0.29) is 18.7 Å². The zero-order valence-corrected chi connectivity index (χ0v) is 10.2. The van der Waals surface area contributed by atoms with E-state index in [4.69, 9.17) is 9.84 Å². The van der Waals surface area contributed by atoms with Crippen LogP contribution >= 0.6 is 15.9 Å². The molecule has 0 saturated carbocycles. The summed E-state index contributed by atoms with van der Waals surface area (Å²) in [5.41, 5.74) is 0. The van der Waals surface area contributed by atoms with Crippen LogP contribution in [0.4, 0.5) is 5.82 Å². The fraction of sp³-hybridized carbons (Fsp3) is 0.300. The first kappa shape index (κ1) is 11.8. The standard InChI is InChI=1S/C10H9BrN2O4/c11-7-3-1-5-9(12-7)13-10(16)6(17-5)2-4-8(14)15/h1,3,6H,2,4H2,(H,14,15)(H,12,13,16). The summed E-state index contributed by atoms with van der Waals surface area (Å²) >= 11 is 3.18. The van der Waals surface area contributed by atoms with Crippen molar-refractivity contribution in [1.82, 2.24) is 4.98 Å². The molecule has 2 heterocycles. The number of carboxylic acid groups (broad SMARTS) is 1. The number of amides is 1. The lowest BCUT2D eigenvalue weighted by Crippen LogP contribution is -2.37. The van der Waals surface area contributed by atoms with Crippen LogP contribution in [0.5, 0.6) is 5.75 Å². The highest BCUT2D eigenvalue weighted by atomic mass is 79.9. The smallest absolute Gasteiger partial charge is 0.303 e. The fourth-order valence-corrected chi connectivity index (χ4v) is 1.77. The number of rotatable bonds is 3. The normalized spacial score (nSPS) is 17.9. The van der Waals surface area contributed by atoms with Crippen molar-refractivity contribution in [2.24, 2.45) is 0 Å². The van der Waals surface area contributed by atoms with Gasteiger partial charge in [-0.3, -0.25) is 9.59 Å². The molecule has 90 valence electrons. The number of aromatic nitrogens is 1. The minimum absolute atomic E-state index is 0.114. The Hall–Kier alpha value is -1.63. The van der Waals surface area contributed by atoms with Gasteiger partial charge in [0.2, 0.25) is 0 Å². The zero-order chi connectivity index (χ0) is 12.4. The molecule has 0 spiro atoms. The molecule has 0 bridgehead atoms. The van der Waals surface area contributed by atoms with Crippen LogP contribution in [0, 0.1) is 0 Å². The predicted octanol–water partition coefficient (Wildman–Crippen LogP) is 1.41. The molecule has 1 aromatic rings. The van der Waals surface area contributed by atoms with E-state index < -0.39 is 12.1 Å². The Kier molecular flexibility index (Phi) is 3.28. The molecule has 17 heavy (non-hydrogen) atoms. The molecule has 0 aromatic carbocycles. The number of nitrogens with zero attached hydrogens (tertiary/aromatic N) is 1.